The number of piperidine rings is 1. The Kier molecular flexibility index (Phi) is 4.97. The molecule has 1 aromatic carbocycles. The Morgan fingerprint density at radius 1 is 1.37 bits per heavy atom. The molecule has 0 radical (unpaired) electrons. The summed E-state index contributed by atoms with van der Waals surface area (Å²) in [4.78, 5) is 14.4. The van der Waals surface area contributed by atoms with Gasteiger partial charge in [-0.3, -0.25) is 4.79 Å². The maximum atomic E-state index is 12.4. The molecule has 104 valence electrons. The van der Waals surface area contributed by atoms with E-state index in [9.17, 15) is 4.79 Å². The normalized spacial score (nSPS) is 21.2. The van der Waals surface area contributed by atoms with Gasteiger partial charge in [0.2, 0.25) is 5.91 Å². The van der Waals surface area contributed by atoms with E-state index in [2.05, 4.69) is 12.1 Å². The van der Waals surface area contributed by atoms with Gasteiger partial charge < -0.3 is 10.6 Å². The van der Waals surface area contributed by atoms with Crippen molar-refractivity contribution in [1.29, 1.82) is 0 Å². The summed E-state index contributed by atoms with van der Waals surface area (Å²) in [5.41, 5.74) is 7.24. The van der Waals surface area contributed by atoms with Crippen LogP contribution in [-0.4, -0.2) is 29.4 Å². The third-order valence-corrected chi connectivity index (χ3v) is 3.95. The Labute approximate surface area is 115 Å². The van der Waals surface area contributed by atoms with Gasteiger partial charge in [-0.15, -0.1) is 0 Å². The van der Waals surface area contributed by atoms with Crippen LogP contribution in [0.4, 0.5) is 0 Å². The highest BCUT2D eigenvalue weighted by molar-refractivity contribution is 5.77. The summed E-state index contributed by atoms with van der Waals surface area (Å²) in [7, 11) is 0. The lowest BCUT2D eigenvalue weighted by atomic mass is 9.96. The zero-order chi connectivity index (χ0) is 13.7. The van der Waals surface area contributed by atoms with E-state index in [4.69, 9.17) is 5.73 Å². The lowest BCUT2D eigenvalue weighted by Crippen LogP contribution is -2.51. The van der Waals surface area contributed by atoms with Gasteiger partial charge in [-0.2, -0.15) is 0 Å². The summed E-state index contributed by atoms with van der Waals surface area (Å²) in [6.45, 7) is 2.88. The van der Waals surface area contributed by atoms with Crippen molar-refractivity contribution in [2.75, 3.05) is 6.54 Å². The Bertz CT molecular complexity index is 402. The summed E-state index contributed by atoms with van der Waals surface area (Å²) < 4.78 is 0. The number of amides is 1. The number of carbonyl (C=O) groups excluding carboxylic acids is 1. The van der Waals surface area contributed by atoms with Crippen molar-refractivity contribution in [3.8, 4) is 0 Å². The Morgan fingerprint density at radius 3 is 2.79 bits per heavy atom. The summed E-state index contributed by atoms with van der Waals surface area (Å²) in [5, 5.41) is 0. The number of carbonyl (C=O) groups is 1. The monoisotopic (exact) mass is 260 g/mol. The molecule has 0 aromatic heterocycles. The van der Waals surface area contributed by atoms with Crippen molar-refractivity contribution in [2.45, 2.75) is 51.1 Å². The van der Waals surface area contributed by atoms with Crippen molar-refractivity contribution in [3.05, 3.63) is 35.9 Å². The Morgan fingerprint density at radius 2 is 2.11 bits per heavy atom. The highest BCUT2D eigenvalue weighted by atomic mass is 16.2. The second-order valence-electron chi connectivity index (χ2n) is 5.49. The number of hydrogen-bond acceptors (Lipinski definition) is 2. The van der Waals surface area contributed by atoms with Crippen LogP contribution in [0.5, 0.6) is 0 Å². The lowest BCUT2D eigenvalue weighted by molar-refractivity contribution is -0.135. The van der Waals surface area contributed by atoms with Crippen LogP contribution in [0.2, 0.25) is 0 Å². The summed E-state index contributed by atoms with van der Waals surface area (Å²) in [6.07, 6.45) is 4.76. The minimum absolute atomic E-state index is 0.0703. The van der Waals surface area contributed by atoms with E-state index < -0.39 is 0 Å². The zero-order valence-electron chi connectivity index (χ0n) is 11.7. The van der Waals surface area contributed by atoms with Gasteiger partial charge >= 0.3 is 0 Å². The minimum atomic E-state index is 0.0703. The van der Waals surface area contributed by atoms with Crippen LogP contribution in [0.3, 0.4) is 0 Å². The average Bonchev–Trinajstić information content (AvgIpc) is 2.46. The Balaban J connectivity index is 1.91. The maximum absolute atomic E-state index is 12.4. The molecule has 1 heterocycles. The van der Waals surface area contributed by atoms with E-state index in [1.165, 1.54) is 12.0 Å². The first kappa shape index (κ1) is 14.1. The third-order valence-electron chi connectivity index (χ3n) is 3.95. The molecular weight excluding hydrogens is 236 g/mol. The van der Waals surface area contributed by atoms with Gasteiger partial charge in [0.25, 0.3) is 0 Å². The van der Waals surface area contributed by atoms with Gasteiger partial charge in [-0.05, 0) is 38.2 Å². The predicted octanol–water partition coefficient (Wildman–Crippen LogP) is 2.35. The van der Waals surface area contributed by atoms with Crippen LogP contribution >= 0.6 is 0 Å². The standard InChI is InChI=1S/C16H24N2O/c1-13(17)15-9-5-6-12-18(15)16(19)11-10-14-7-3-2-4-8-14/h2-4,7-8,13,15H,5-6,9-12,17H2,1H3. The van der Waals surface area contributed by atoms with Crippen molar-refractivity contribution in [1.82, 2.24) is 4.90 Å². The van der Waals surface area contributed by atoms with Gasteiger partial charge in [0, 0.05) is 25.0 Å². The SMILES string of the molecule is CC(N)C1CCCCN1C(=O)CCc1ccccc1. The third kappa shape index (κ3) is 3.80. The van der Waals surface area contributed by atoms with Crippen molar-refractivity contribution in [3.63, 3.8) is 0 Å². The van der Waals surface area contributed by atoms with E-state index in [0.717, 1.165) is 25.8 Å². The molecule has 3 heteroatoms. The van der Waals surface area contributed by atoms with Gasteiger partial charge in [-0.25, -0.2) is 0 Å². The molecule has 19 heavy (non-hydrogen) atoms. The molecule has 2 unspecified atom stereocenters. The summed E-state index contributed by atoms with van der Waals surface area (Å²) in [5.74, 6) is 0.255. The molecule has 1 saturated heterocycles. The number of rotatable bonds is 4. The van der Waals surface area contributed by atoms with Crippen LogP contribution in [0, 0.1) is 0 Å². The molecule has 1 fully saturated rings. The van der Waals surface area contributed by atoms with E-state index in [1.807, 2.05) is 30.0 Å². The van der Waals surface area contributed by atoms with Gasteiger partial charge in [0.1, 0.15) is 0 Å². The topological polar surface area (TPSA) is 46.3 Å². The van der Waals surface area contributed by atoms with Crippen molar-refractivity contribution < 1.29 is 4.79 Å². The first-order chi connectivity index (χ1) is 9.18. The number of nitrogens with zero attached hydrogens (tertiary/aromatic N) is 1. The fraction of sp³-hybridized carbons (Fsp3) is 0.562. The number of aryl methyl sites for hydroxylation is 1. The van der Waals surface area contributed by atoms with E-state index in [-0.39, 0.29) is 18.0 Å². The highest BCUT2D eigenvalue weighted by Crippen LogP contribution is 2.20. The fourth-order valence-corrected chi connectivity index (χ4v) is 2.85. The second kappa shape index (κ2) is 6.71. The molecule has 3 nitrogen and oxygen atoms in total. The number of hydrogen-bond donors (Lipinski definition) is 1. The molecular formula is C16H24N2O. The van der Waals surface area contributed by atoms with Crippen LogP contribution in [0.25, 0.3) is 0 Å². The van der Waals surface area contributed by atoms with Gasteiger partial charge in [0.15, 0.2) is 0 Å². The lowest BCUT2D eigenvalue weighted by Gasteiger charge is -2.38. The zero-order valence-corrected chi connectivity index (χ0v) is 11.7. The quantitative estimate of drug-likeness (QED) is 0.903. The molecule has 2 atom stereocenters. The molecule has 2 rings (SSSR count). The molecule has 0 spiro atoms. The average molecular weight is 260 g/mol. The smallest absolute Gasteiger partial charge is 0.223 e. The number of nitrogens with two attached hydrogens (primary N) is 1. The molecule has 1 amide bonds. The molecule has 0 saturated carbocycles. The van der Waals surface area contributed by atoms with Crippen molar-refractivity contribution >= 4 is 5.91 Å². The summed E-state index contributed by atoms with van der Waals surface area (Å²) >= 11 is 0. The molecule has 0 bridgehead atoms. The first-order valence-electron chi connectivity index (χ1n) is 7.27. The molecule has 1 aromatic rings. The van der Waals surface area contributed by atoms with Crippen LogP contribution < -0.4 is 5.73 Å². The van der Waals surface area contributed by atoms with E-state index >= 15 is 0 Å². The van der Waals surface area contributed by atoms with E-state index in [0.29, 0.717) is 6.42 Å². The van der Waals surface area contributed by atoms with Crippen molar-refractivity contribution in [2.24, 2.45) is 5.73 Å². The van der Waals surface area contributed by atoms with Gasteiger partial charge in [-0.1, -0.05) is 30.3 Å². The largest absolute Gasteiger partial charge is 0.338 e. The summed E-state index contributed by atoms with van der Waals surface area (Å²) in [6, 6.07) is 10.5. The van der Waals surface area contributed by atoms with Crippen LogP contribution in [-0.2, 0) is 11.2 Å². The molecule has 1 aliphatic heterocycles. The number of benzene rings is 1. The Hall–Kier alpha value is -1.35. The van der Waals surface area contributed by atoms with E-state index in [1.54, 1.807) is 0 Å². The molecule has 0 aliphatic carbocycles. The minimum Gasteiger partial charge on any atom is -0.338 e. The second-order valence-corrected chi connectivity index (χ2v) is 5.49. The highest BCUT2D eigenvalue weighted by Gasteiger charge is 2.28. The van der Waals surface area contributed by atoms with Gasteiger partial charge in [0.05, 0.1) is 0 Å². The van der Waals surface area contributed by atoms with Crippen LogP contribution in [0.15, 0.2) is 30.3 Å². The predicted molar refractivity (Wildman–Crippen MR) is 77.8 cm³/mol. The molecule has 2 N–H and O–H groups in total. The fourth-order valence-electron chi connectivity index (χ4n) is 2.85. The molecule has 1 aliphatic rings. The maximum Gasteiger partial charge on any atom is 0.223 e. The number of likely N-dealkylation sites (tertiary alicyclic amines) is 1. The van der Waals surface area contributed by atoms with Crippen LogP contribution in [0.1, 0.15) is 38.2 Å². The first-order valence-corrected chi connectivity index (χ1v) is 7.27.